The zero-order chi connectivity index (χ0) is 9.97. The maximum absolute atomic E-state index is 11.9. The van der Waals surface area contributed by atoms with E-state index in [2.05, 4.69) is 0 Å². The van der Waals surface area contributed by atoms with Crippen LogP contribution in [0, 0.1) is 11.8 Å². The number of hydrogen-bond donors (Lipinski definition) is 0. The molecule has 2 unspecified atom stereocenters. The molecule has 2 aliphatic rings. The van der Waals surface area contributed by atoms with E-state index in [1.165, 1.54) is 0 Å². The maximum atomic E-state index is 11.9. The van der Waals surface area contributed by atoms with E-state index in [1.807, 2.05) is 4.90 Å². The highest BCUT2D eigenvalue weighted by atomic mass is 35.5. The van der Waals surface area contributed by atoms with Crippen LogP contribution < -0.4 is 0 Å². The predicted molar refractivity (Wildman–Crippen MR) is 54.3 cm³/mol. The normalized spacial score (nSPS) is 32.5. The minimum atomic E-state index is 0.115. The zero-order valence-corrected chi connectivity index (χ0v) is 9.00. The number of hydrogen-bond acceptors (Lipinski definition) is 2. The average molecular weight is 218 g/mol. The summed E-state index contributed by atoms with van der Waals surface area (Å²) in [6.45, 7) is 3.08. The van der Waals surface area contributed by atoms with Crippen LogP contribution >= 0.6 is 11.6 Å². The molecule has 4 heteroatoms. The number of likely N-dealkylation sites (tertiary alicyclic amines) is 1. The molecule has 0 aromatic heterocycles. The molecule has 2 saturated heterocycles. The van der Waals surface area contributed by atoms with Crippen LogP contribution in [-0.4, -0.2) is 43.0 Å². The van der Waals surface area contributed by atoms with Crippen molar-refractivity contribution in [2.24, 2.45) is 11.8 Å². The lowest BCUT2D eigenvalue weighted by molar-refractivity contribution is -0.134. The van der Waals surface area contributed by atoms with E-state index in [1.54, 1.807) is 0 Å². The molecule has 14 heavy (non-hydrogen) atoms. The Kier molecular flexibility index (Phi) is 3.29. The third-order valence-corrected chi connectivity index (χ3v) is 3.53. The van der Waals surface area contributed by atoms with Crippen molar-refractivity contribution in [2.75, 3.05) is 32.2 Å². The number of nitrogens with zero attached hydrogens (tertiary/aromatic N) is 1. The van der Waals surface area contributed by atoms with Gasteiger partial charge in [-0.05, 0) is 18.8 Å². The van der Waals surface area contributed by atoms with Gasteiger partial charge >= 0.3 is 0 Å². The second kappa shape index (κ2) is 4.49. The SMILES string of the molecule is O=C(C1CCOC1)N1CCC(CCl)C1. The van der Waals surface area contributed by atoms with Crippen molar-refractivity contribution in [1.29, 1.82) is 0 Å². The van der Waals surface area contributed by atoms with Gasteiger partial charge in [-0.25, -0.2) is 0 Å². The fraction of sp³-hybridized carbons (Fsp3) is 0.900. The summed E-state index contributed by atoms with van der Waals surface area (Å²) in [5.41, 5.74) is 0. The number of ether oxygens (including phenoxy) is 1. The molecule has 2 atom stereocenters. The van der Waals surface area contributed by atoms with E-state index in [9.17, 15) is 4.79 Å². The van der Waals surface area contributed by atoms with E-state index in [0.717, 1.165) is 32.5 Å². The topological polar surface area (TPSA) is 29.5 Å². The molecule has 3 nitrogen and oxygen atoms in total. The van der Waals surface area contributed by atoms with Gasteiger partial charge in [0.05, 0.1) is 12.5 Å². The number of rotatable bonds is 2. The van der Waals surface area contributed by atoms with Crippen molar-refractivity contribution in [3.05, 3.63) is 0 Å². The lowest BCUT2D eigenvalue weighted by Crippen LogP contribution is -2.34. The second-order valence-electron chi connectivity index (χ2n) is 4.15. The fourth-order valence-electron chi connectivity index (χ4n) is 2.15. The molecule has 2 heterocycles. The van der Waals surface area contributed by atoms with E-state index < -0.39 is 0 Å². The van der Waals surface area contributed by atoms with Crippen molar-refractivity contribution in [3.63, 3.8) is 0 Å². The number of alkyl halides is 1. The van der Waals surface area contributed by atoms with Crippen LogP contribution in [0.2, 0.25) is 0 Å². The first-order valence-electron chi connectivity index (χ1n) is 5.23. The molecule has 0 aromatic rings. The Hall–Kier alpha value is -0.280. The smallest absolute Gasteiger partial charge is 0.228 e. The predicted octanol–water partition coefficient (Wildman–Crippen LogP) is 1.11. The summed E-state index contributed by atoms with van der Waals surface area (Å²) in [6, 6.07) is 0. The number of carbonyl (C=O) groups excluding carboxylic acids is 1. The molecule has 0 aliphatic carbocycles. The fourth-order valence-corrected chi connectivity index (χ4v) is 2.40. The highest BCUT2D eigenvalue weighted by Gasteiger charge is 2.32. The molecular weight excluding hydrogens is 202 g/mol. The highest BCUT2D eigenvalue weighted by molar-refractivity contribution is 6.18. The zero-order valence-electron chi connectivity index (χ0n) is 8.25. The van der Waals surface area contributed by atoms with Crippen LogP contribution in [0.5, 0.6) is 0 Å². The van der Waals surface area contributed by atoms with Crippen molar-refractivity contribution >= 4 is 17.5 Å². The average Bonchev–Trinajstić information content (AvgIpc) is 2.88. The quantitative estimate of drug-likeness (QED) is 0.649. The molecule has 1 amide bonds. The van der Waals surface area contributed by atoms with E-state index in [4.69, 9.17) is 16.3 Å². The van der Waals surface area contributed by atoms with Gasteiger partial charge in [0, 0.05) is 25.6 Å². The Morgan fingerprint density at radius 1 is 1.50 bits per heavy atom. The minimum Gasteiger partial charge on any atom is -0.381 e. The van der Waals surface area contributed by atoms with Gasteiger partial charge < -0.3 is 9.64 Å². The minimum absolute atomic E-state index is 0.115. The molecule has 2 rings (SSSR count). The molecule has 2 aliphatic heterocycles. The molecule has 80 valence electrons. The lowest BCUT2D eigenvalue weighted by Gasteiger charge is -2.19. The summed E-state index contributed by atoms with van der Waals surface area (Å²) < 4.78 is 5.22. The van der Waals surface area contributed by atoms with Gasteiger partial charge in [-0.1, -0.05) is 0 Å². The van der Waals surface area contributed by atoms with Gasteiger partial charge in [0.25, 0.3) is 0 Å². The number of carbonyl (C=O) groups is 1. The van der Waals surface area contributed by atoms with Gasteiger partial charge in [0.1, 0.15) is 0 Å². The first-order valence-corrected chi connectivity index (χ1v) is 5.77. The highest BCUT2D eigenvalue weighted by Crippen LogP contribution is 2.22. The van der Waals surface area contributed by atoms with Gasteiger partial charge in [0.15, 0.2) is 0 Å². The number of amides is 1. The molecule has 2 fully saturated rings. The standard InChI is InChI=1S/C10H16ClNO2/c11-5-8-1-3-12(6-8)10(13)9-2-4-14-7-9/h8-9H,1-7H2. The van der Waals surface area contributed by atoms with Gasteiger partial charge in [-0.15, -0.1) is 11.6 Å². The summed E-state index contributed by atoms with van der Waals surface area (Å²) in [7, 11) is 0. The van der Waals surface area contributed by atoms with Crippen molar-refractivity contribution in [1.82, 2.24) is 4.90 Å². The third kappa shape index (κ3) is 2.04. The summed E-state index contributed by atoms with van der Waals surface area (Å²) in [5.74, 6) is 1.56. The molecule has 0 saturated carbocycles. The molecule has 0 aromatic carbocycles. The largest absolute Gasteiger partial charge is 0.381 e. The first-order chi connectivity index (χ1) is 6.81. The molecule has 0 N–H and O–H groups in total. The molecular formula is C10H16ClNO2. The molecule has 0 spiro atoms. The Morgan fingerprint density at radius 2 is 2.36 bits per heavy atom. The summed E-state index contributed by atoms with van der Waals surface area (Å²) >= 11 is 5.77. The monoisotopic (exact) mass is 217 g/mol. The second-order valence-corrected chi connectivity index (χ2v) is 4.46. The van der Waals surface area contributed by atoms with Crippen LogP contribution in [0.3, 0.4) is 0 Å². The van der Waals surface area contributed by atoms with Gasteiger partial charge in [0.2, 0.25) is 5.91 Å². The van der Waals surface area contributed by atoms with Gasteiger partial charge in [-0.3, -0.25) is 4.79 Å². The van der Waals surface area contributed by atoms with Crippen LogP contribution in [0.25, 0.3) is 0 Å². The van der Waals surface area contributed by atoms with E-state index in [-0.39, 0.29) is 11.8 Å². The van der Waals surface area contributed by atoms with Crippen molar-refractivity contribution in [2.45, 2.75) is 12.8 Å². The maximum Gasteiger partial charge on any atom is 0.228 e. The lowest BCUT2D eigenvalue weighted by atomic mass is 10.1. The van der Waals surface area contributed by atoms with Crippen LogP contribution in [0.1, 0.15) is 12.8 Å². The molecule has 0 radical (unpaired) electrons. The van der Waals surface area contributed by atoms with E-state index in [0.29, 0.717) is 18.4 Å². The van der Waals surface area contributed by atoms with Crippen LogP contribution in [-0.2, 0) is 9.53 Å². The Balaban J connectivity index is 1.86. The Labute approximate surface area is 89.4 Å². The summed E-state index contributed by atoms with van der Waals surface area (Å²) in [4.78, 5) is 13.9. The van der Waals surface area contributed by atoms with Crippen molar-refractivity contribution in [3.8, 4) is 0 Å². The van der Waals surface area contributed by atoms with Gasteiger partial charge in [-0.2, -0.15) is 0 Å². The third-order valence-electron chi connectivity index (χ3n) is 3.09. The Morgan fingerprint density at radius 3 is 2.93 bits per heavy atom. The van der Waals surface area contributed by atoms with E-state index >= 15 is 0 Å². The van der Waals surface area contributed by atoms with Crippen LogP contribution in [0.15, 0.2) is 0 Å². The molecule has 0 bridgehead atoms. The van der Waals surface area contributed by atoms with Crippen LogP contribution in [0.4, 0.5) is 0 Å². The summed E-state index contributed by atoms with van der Waals surface area (Å²) in [5, 5.41) is 0. The first kappa shape index (κ1) is 10.2. The summed E-state index contributed by atoms with van der Waals surface area (Å²) in [6.07, 6.45) is 1.95. The Bertz CT molecular complexity index is 216. The van der Waals surface area contributed by atoms with Crippen molar-refractivity contribution < 1.29 is 9.53 Å². The number of halogens is 1.